The third-order valence-electron chi connectivity index (χ3n) is 4.27. The van der Waals surface area contributed by atoms with Gasteiger partial charge in [-0.25, -0.2) is 4.79 Å². The summed E-state index contributed by atoms with van der Waals surface area (Å²) >= 11 is 0. The Balaban J connectivity index is 2.61. The van der Waals surface area contributed by atoms with Gasteiger partial charge in [0.25, 0.3) is 0 Å². The highest BCUT2D eigenvalue weighted by molar-refractivity contribution is 6.04. The zero-order valence-electron chi connectivity index (χ0n) is 15.3. The number of ketones is 1. The largest absolute Gasteiger partial charge is 0.507 e. The molecule has 25 heavy (non-hydrogen) atoms. The standard InChI is InChI=1S/C21H24O4/c1-13-15(17(22)11-14-9-7-6-8-10-14)12-16(21(2,3)4)19(23)18(13)20(24)25-5/h6-10,12,23H,11H2,1-5H3. The molecular formula is C21H24O4. The van der Waals surface area contributed by atoms with Gasteiger partial charge < -0.3 is 9.84 Å². The second kappa shape index (κ2) is 7.09. The van der Waals surface area contributed by atoms with Gasteiger partial charge in [-0.3, -0.25) is 4.79 Å². The van der Waals surface area contributed by atoms with Crippen molar-refractivity contribution in [2.75, 3.05) is 7.11 Å². The van der Waals surface area contributed by atoms with Crippen LogP contribution in [0.3, 0.4) is 0 Å². The van der Waals surface area contributed by atoms with Gasteiger partial charge >= 0.3 is 5.97 Å². The minimum absolute atomic E-state index is 0.0614. The minimum atomic E-state index is -0.644. The van der Waals surface area contributed by atoms with E-state index in [9.17, 15) is 14.7 Å². The molecule has 0 radical (unpaired) electrons. The SMILES string of the molecule is COC(=O)c1c(C)c(C(=O)Cc2ccccc2)cc(C(C)(C)C)c1O. The van der Waals surface area contributed by atoms with Gasteiger partial charge in [-0.05, 0) is 29.5 Å². The van der Waals surface area contributed by atoms with Crippen LogP contribution >= 0.6 is 0 Å². The lowest BCUT2D eigenvalue weighted by Gasteiger charge is -2.24. The molecule has 0 bridgehead atoms. The number of phenols is 1. The van der Waals surface area contributed by atoms with Crippen LogP contribution in [0.25, 0.3) is 0 Å². The fourth-order valence-corrected chi connectivity index (χ4v) is 2.86. The van der Waals surface area contributed by atoms with Crippen LogP contribution in [0, 0.1) is 6.92 Å². The first-order chi connectivity index (χ1) is 11.7. The first-order valence-corrected chi connectivity index (χ1v) is 8.19. The van der Waals surface area contributed by atoms with E-state index in [0.717, 1.165) is 5.56 Å². The Morgan fingerprint density at radius 3 is 2.24 bits per heavy atom. The van der Waals surface area contributed by atoms with Crippen molar-refractivity contribution in [3.63, 3.8) is 0 Å². The van der Waals surface area contributed by atoms with Gasteiger partial charge in [0, 0.05) is 17.5 Å². The van der Waals surface area contributed by atoms with Crippen LogP contribution in [0.15, 0.2) is 36.4 Å². The molecule has 0 atom stereocenters. The molecule has 0 aliphatic heterocycles. The normalized spacial score (nSPS) is 11.2. The summed E-state index contributed by atoms with van der Waals surface area (Å²) in [7, 11) is 1.26. The molecule has 0 heterocycles. The zero-order chi connectivity index (χ0) is 18.8. The molecule has 2 aromatic carbocycles. The van der Waals surface area contributed by atoms with Crippen LogP contribution in [0.4, 0.5) is 0 Å². The second-order valence-electron chi connectivity index (χ2n) is 7.15. The number of esters is 1. The molecule has 132 valence electrons. The molecule has 2 aromatic rings. The van der Waals surface area contributed by atoms with Crippen LogP contribution in [0.1, 0.15) is 58.2 Å². The van der Waals surface area contributed by atoms with Gasteiger partial charge in [-0.1, -0.05) is 51.1 Å². The Hall–Kier alpha value is -2.62. The van der Waals surface area contributed by atoms with Crippen LogP contribution in [-0.4, -0.2) is 24.0 Å². The molecule has 0 spiro atoms. The molecule has 4 nitrogen and oxygen atoms in total. The summed E-state index contributed by atoms with van der Waals surface area (Å²) in [5, 5.41) is 10.6. The highest BCUT2D eigenvalue weighted by atomic mass is 16.5. The van der Waals surface area contributed by atoms with Gasteiger partial charge in [0.05, 0.1) is 7.11 Å². The molecule has 4 heteroatoms. The lowest BCUT2D eigenvalue weighted by atomic mass is 9.81. The fraction of sp³-hybridized carbons (Fsp3) is 0.333. The zero-order valence-corrected chi connectivity index (χ0v) is 15.3. The Morgan fingerprint density at radius 2 is 1.72 bits per heavy atom. The van der Waals surface area contributed by atoms with Gasteiger partial charge in [0.15, 0.2) is 5.78 Å². The van der Waals surface area contributed by atoms with E-state index < -0.39 is 11.4 Å². The van der Waals surface area contributed by atoms with Gasteiger partial charge in [0.1, 0.15) is 11.3 Å². The Kier molecular flexibility index (Phi) is 5.31. The second-order valence-corrected chi connectivity index (χ2v) is 7.15. The summed E-state index contributed by atoms with van der Waals surface area (Å²) in [5.41, 5.74) is 1.96. The predicted molar refractivity (Wildman–Crippen MR) is 97.4 cm³/mol. The molecule has 0 amide bonds. The molecule has 0 aliphatic rings. The molecule has 0 fully saturated rings. The van der Waals surface area contributed by atoms with E-state index in [1.807, 2.05) is 51.1 Å². The summed E-state index contributed by atoms with van der Waals surface area (Å²) in [6.07, 6.45) is 0.233. The predicted octanol–water partition coefficient (Wildman–Crippen LogP) is 4.21. The minimum Gasteiger partial charge on any atom is -0.507 e. The molecule has 0 aromatic heterocycles. The van der Waals surface area contributed by atoms with Crippen LogP contribution in [0.5, 0.6) is 5.75 Å². The summed E-state index contributed by atoms with van der Waals surface area (Å²) < 4.78 is 4.81. The van der Waals surface area contributed by atoms with Crippen LogP contribution in [0.2, 0.25) is 0 Å². The third kappa shape index (κ3) is 3.90. The van der Waals surface area contributed by atoms with Gasteiger partial charge in [-0.2, -0.15) is 0 Å². The number of methoxy groups -OCH3 is 1. The van der Waals surface area contributed by atoms with Crippen molar-refractivity contribution in [2.24, 2.45) is 0 Å². The molecule has 0 unspecified atom stereocenters. The highest BCUT2D eigenvalue weighted by Gasteiger charge is 2.28. The monoisotopic (exact) mass is 340 g/mol. The maximum absolute atomic E-state index is 12.9. The van der Waals surface area contributed by atoms with Crippen LogP contribution in [-0.2, 0) is 16.6 Å². The number of phenolic OH excluding ortho intramolecular Hbond substituents is 1. The first-order valence-electron chi connectivity index (χ1n) is 8.19. The van der Waals surface area contributed by atoms with E-state index in [-0.39, 0.29) is 23.5 Å². The van der Waals surface area contributed by atoms with Crippen LogP contribution < -0.4 is 0 Å². The maximum Gasteiger partial charge on any atom is 0.341 e. The number of rotatable bonds is 4. The van der Waals surface area contributed by atoms with Crippen molar-refractivity contribution >= 4 is 11.8 Å². The Labute approximate surface area is 148 Å². The van der Waals surface area contributed by atoms with E-state index in [0.29, 0.717) is 16.7 Å². The molecule has 0 saturated heterocycles. The molecule has 0 saturated carbocycles. The summed E-state index contributed by atoms with van der Waals surface area (Å²) in [5.74, 6) is -0.859. The molecular weight excluding hydrogens is 316 g/mol. The Morgan fingerprint density at radius 1 is 1.12 bits per heavy atom. The van der Waals surface area contributed by atoms with Crippen molar-refractivity contribution in [1.29, 1.82) is 0 Å². The lowest BCUT2D eigenvalue weighted by molar-refractivity contribution is 0.0596. The van der Waals surface area contributed by atoms with E-state index in [1.54, 1.807) is 13.0 Å². The number of hydrogen-bond donors (Lipinski definition) is 1. The average molecular weight is 340 g/mol. The number of ether oxygens (including phenoxy) is 1. The molecule has 2 rings (SSSR count). The smallest absolute Gasteiger partial charge is 0.341 e. The first kappa shape index (κ1) is 18.7. The highest BCUT2D eigenvalue weighted by Crippen LogP contribution is 2.37. The Bertz CT molecular complexity index is 799. The van der Waals surface area contributed by atoms with E-state index >= 15 is 0 Å². The summed E-state index contributed by atoms with van der Waals surface area (Å²) in [4.78, 5) is 25.0. The third-order valence-corrected chi connectivity index (χ3v) is 4.27. The molecule has 1 N–H and O–H groups in total. The maximum atomic E-state index is 12.9. The summed E-state index contributed by atoms with van der Waals surface area (Å²) in [6, 6.07) is 11.1. The summed E-state index contributed by atoms with van der Waals surface area (Å²) in [6.45, 7) is 7.42. The van der Waals surface area contributed by atoms with E-state index in [1.165, 1.54) is 7.11 Å². The number of aromatic hydroxyl groups is 1. The van der Waals surface area contributed by atoms with Crippen molar-refractivity contribution in [2.45, 2.75) is 39.5 Å². The fourth-order valence-electron chi connectivity index (χ4n) is 2.86. The number of carbonyl (C=O) groups excluding carboxylic acids is 2. The average Bonchev–Trinajstić information content (AvgIpc) is 2.54. The van der Waals surface area contributed by atoms with E-state index in [2.05, 4.69) is 0 Å². The van der Waals surface area contributed by atoms with Crippen molar-refractivity contribution in [3.05, 3.63) is 64.2 Å². The lowest BCUT2D eigenvalue weighted by Crippen LogP contribution is -2.18. The van der Waals surface area contributed by atoms with Crippen molar-refractivity contribution < 1.29 is 19.4 Å². The number of carbonyl (C=O) groups is 2. The topological polar surface area (TPSA) is 63.6 Å². The van der Waals surface area contributed by atoms with Gasteiger partial charge in [-0.15, -0.1) is 0 Å². The molecule has 0 aliphatic carbocycles. The number of hydrogen-bond acceptors (Lipinski definition) is 4. The van der Waals surface area contributed by atoms with E-state index in [4.69, 9.17) is 4.74 Å². The number of benzene rings is 2. The quantitative estimate of drug-likeness (QED) is 0.669. The van der Waals surface area contributed by atoms with Gasteiger partial charge in [0.2, 0.25) is 0 Å². The van der Waals surface area contributed by atoms with Crippen molar-refractivity contribution in [3.8, 4) is 5.75 Å². The van der Waals surface area contributed by atoms with Crippen molar-refractivity contribution in [1.82, 2.24) is 0 Å². The number of Topliss-reactive ketones (excluding diaryl/α,β-unsaturated/α-hetero) is 1.